The van der Waals surface area contributed by atoms with Crippen molar-refractivity contribution in [1.82, 2.24) is 4.31 Å². The Morgan fingerprint density at radius 3 is 2.69 bits per heavy atom. The molecule has 0 atom stereocenters. The maximum Gasteiger partial charge on any atom is 0.253 e. The van der Waals surface area contributed by atoms with Crippen LogP contribution in [0.5, 0.6) is 0 Å². The summed E-state index contributed by atoms with van der Waals surface area (Å²) >= 11 is 6.70. The molecular weight excluding hydrogens is 268 g/mol. The molecule has 0 fully saturated rings. The first kappa shape index (κ1) is 13.5. The zero-order chi connectivity index (χ0) is 12.2. The molecule has 0 amide bonds. The molecule has 0 saturated heterocycles. The van der Waals surface area contributed by atoms with Gasteiger partial charge in [-0.25, -0.2) is 8.42 Å². The fraction of sp³-hybridized carbons (Fsp3) is 0.444. The van der Waals surface area contributed by atoms with E-state index in [0.29, 0.717) is 17.3 Å². The quantitative estimate of drug-likeness (QED) is 0.777. The van der Waals surface area contributed by atoms with Crippen molar-refractivity contribution in [3.63, 3.8) is 0 Å². The Bertz CT molecular complexity index is 490. The zero-order valence-electron chi connectivity index (χ0n) is 8.68. The highest BCUT2D eigenvalue weighted by Crippen LogP contribution is 2.27. The van der Waals surface area contributed by atoms with Gasteiger partial charge in [0.15, 0.2) is 0 Å². The van der Waals surface area contributed by atoms with Crippen molar-refractivity contribution in [1.29, 1.82) is 5.26 Å². The number of hydrogen-bond donors (Lipinski definition) is 0. The van der Waals surface area contributed by atoms with Gasteiger partial charge >= 0.3 is 0 Å². The molecule has 0 saturated carbocycles. The van der Waals surface area contributed by atoms with Crippen molar-refractivity contribution < 1.29 is 8.42 Å². The van der Waals surface area contributed by atoms with Crippen LogP contribution in [0.1, 0.15) is 13.3 Å². The third kappa shape index (κ3) is 2.95. The van der Waals surface area contributed by atoms with E-state index in [-0.39, 0.29) is 10.8 Å². The number of halogens is 1. The molecule has 1 aromatic rings. The van der Waals surface area contributed by atoms with E-state index in [1.165, 1.54) is 12.1 Å². The lowest BCUT2D eigenvalue weighted by Crippen LogP contribution is -2.31. The Morgan fingerprint density at radius 1 is 1.56 bits per heavy atom. The summed E-state index contributed by atoms with van der Waals surface area (Å²) in [6.45, 7) is 2.07. The van der Waals surface area contributed by atoms with Gasteiger partial charge < -0.3 is 0 Å². The molecule has 0 aliphatic rings. The standard InChI is InChI=1S/C9H11ClN2O2S2/c1-2-6-12(7-5-11)16(13,14)9-4-3-8(10)15-9/h3-4H,2,6-7H2,1H3. The highest BCUT2D eigenvalue weighted by Gasteiger charge is 2.25. The zero-order valence-corrected chi connectivity index (χ0v) is 11.1. The van der Waals surface area contributed by atoms with Crippen molar-refractivity contribution >= 4 is 33.0 Å². The van der Waals surface area contributed by atoms with Gasteiger partial charge in [-0.3, -0.25) is 0 Å². The van der Waals surface area contributed by atoms with Gasteiger partial charge in [-0.1, -0.05) is 18.5 Å². The molecule has 1 heterocycles. The van der Waals surface area contributed by atoms with E-state index in [1.54, 1.807) is 0 Å². The summed E-state index contributed by atoms with van der Waals surface area (Å²) in [5, 5.41) is 8.60. The second-order valence-electron chi connectivity index (χ2n) is 3.06. The molecule has 0 aromatic carbocycles. The van der Waals surface area contributed by atoms with E-state index in [1.807, 2.05) is 13.0 Å². The minimum Gasteiger partial charge on any atom is -0.206 e. The molecule has 0 unspecified atom stereocenters. The van der Waals surface area contributed by atoms with E-state index >= 15 is 0 Å². The molecule has 0 N–H and O–H groups in total. The van der Waals surface area contributed by atoms with Crippen LogP contribution in [0.2, 0.25) is 4.34 Å². The third-order valence-electron chi connectivity index (χ3n) is 1.86. The van der Waals surface area contributed by atoms with Crippen LogP contribution in [0.25, 0.3) is 0 Å². The van der Waals surface area contributed by atoms with Crippen molar-refractivity contribution in [3.05, 3.63) is 16.5 Å². The molecule has 16 heavy (non-hydrogen) atoms. The lowest BCUT2D eigenvalue weighted by Gasteiger charge is -2.16. The fourth-order valence-corrected chi connectivity index (χ4v) is 4.24. The molecular formula is C9H11ClN2O2S2. The average Bonchev–Trinajstić information content (AvgIpc) is 2.65. The lowest BCUT2D eigenvalue weighted by atomic mass is 10.5. The number of hydrogen-bond acceptors (Lipinski definition) is 4. The second kappa shape index (κ2) is 5.64. The van der Waals surface area contributed by atoms with Gasteiger partial charge in [0, 0.05) is 6.54 Å². The summed E-state index contributed by atoms with van der Waals surface area (Å²) < 4.78 is 25.9. The summed E-state index contributed by atoms with van der Waals surface area (Å²) in [6, 6.07) is 4.85. The molecule has 0 spiro atoms. The summed E-state index contributed by atoms with van der Waals surface area (Å²) in [6.07, 6.45) is 0.667. The van der Waals surface area contributed by atoms with Gasteiger partial charge in [0.25, 0.3) is 10.0 Å². The molecule has 4 nitrogen and oxygen atoms in total. The number of rotatable bonds is 5. The van der Waals surface area contributed by atoms with Crippen molar-refractivity contribution in [2.24, 2.45) is 0 Å². The number of nitrogens with zero attached hydrogens (tertiary/aromatic N) is 2. The number of thiophene rings is 1. The summed E-state index contributed by atoms with van der Waals surface area (Å²) in [7, 11) is -3.56. The first-order valence-electron chi connectivity index (χ1n) is 4.64. The van der Waals surface area contributed by atoms with Gasteiger partial charge in [0.1, 0.15) is 10.8 Å². The van der Waals surface area contributed by atoms with Gasteiger partial charge in [-0.15, -0.1) is 11.3 Å². The maximum absolute atomic E-state index is 12.1. The third-order valence-corrected chi connectivity index (χ3v) is 5.41. The molecule has 0 bridgehead atoms. The second-order valence-corrected chi connectivity index (χ2v) is 6.94. The summed E-state index contributed by atoms with van der Waals surface area (Å²) in [5.41, 5.74) is 0. The molecule has 1 rings (SSSR count). The molecule has 7 heteroatoms. The minimum absolute atomic E-state index is 0.133. The Balaban J connectivity index is 3.03. The van der Waals surface area contributed by atoms with Crippen LogP contribution in [0.3, 0.4) is 0 Å². The summed E-state index contributed by atoms with van der Waals surface area (Å²) in [4.78, 5) is 0. The first-order chi connectivity index (χ1) is 7.52. The molecule has 88 valence electrons. The van der Waals surface area contributed by atoms with Crippen LogP contribution in [-0.4, -0.2) is 25.8 Å². The smallest absolute Gasteiger partial charge is 0.206 e. The molecule has 0 aliphatic heterocycles. The van der Waals surface area contributed by atoms with Gasteiger partial charge in [0.2, 0.25) is 0 Å². The van der Waals surface area contributed by atoms with Crippen molar-refractivity contribution in [2.45, 2.75) is 17.6 Å². The predicted octanol–water partition coefficient (Wildman–Crippen LogP) is 2.33. The van der Waals surface area contributed by atoms with Crippen LogP contribution in [-0.2, 0) is 10.0 Å². The van der Waals surface area contributed by atoms with Crippen LogP contribution in [0.15, 0.2) is 16.3 Å². The minimum atomic E-state index is -3.56. The molecule has 1 aromatic heterocycles. The Hall–Kier alpha value is -0.610. The Labute approximate surface area is 104 Å². The Kier molecular flexibility index (Phi) is 4.74. The van der Waals surface area contributed by atoms with Gasteiger partial charge in [0.05, 0.1) is 10.4 Å². The van der Waals surface area contributed by atoms with Crippen LogP contribution < -0.4 is 0 Å². The SMILES string of the molecule is CCCN(CC#N)S(=O)(=O)c1ccc(Cl)s1. The molecule has 0 aliphatic carbocycles. The number of sulfonamides is 1. The van der Waals surface area contributed by atoms with Crippen LogP contribution in [0, 0.1) is 11.3 Å². The van der Waals surface area contributed by atoms with Gasteiger partial charge in [-0.05, 0) is 18.6 Å². The van der Waals surface area contributed by atoms with E-state index in [9.17, 15) is 8.42 Å². The van der Waals surface area contributed by atoms with E-state index in [0.717, 1.165) is 15.6 Å². The van der Waals surface area contributed by atoms with Crippen LogP contribution >= 0.6 is 22.9 Å². The lowest BCUT2D eigenvalue weighted by molar-refractivity contribution is 0.446. The topological polar surface area (TPSA) is 61.2 Å². The highest BCUT2D eigenvalue weighted by atomic mass is 35.5. The van der Waals surface area contributed by atoms with E-state index in [4.69, 9.17) is 16.9 Å². The maximum atomic E-state index is 12.1. The molecule has 0 radical (unpaired) electrons. The monoisotopic (exact) mass is 278 g/mol. The largest absolute Gasteiger partial charge is 0.253 e. The Morgan fingerprint density at radius 2 is 2.25 bits per heavy atom. The average molecular weight is 279 g/mol. The van der Waals surface area contributed by atoms with Crippen LogP contribution in [0.4, 0.5) is 0 Å². The van der Waals surface area contributed by atoms with Crippen molar-refractivity contribution in [3.8, 4) is 6.07 Å². The normalized spacial score (nSPS) is 11.6. The van der Waals surface area contributed by atoms with Gasteiger partial charge in [-0.2, -0.15) is 9.57 Å². The van der Waals surface area contributed by atoms with Crippen molar-refractivity contribution in [2.75, 3.05) is 13.1 Å². The summed E-state index contributed by atoms with van der Waals surface area (Å²) in [5.74, 6) is 0. The predicted molar refractivity (Wildman–Crippen MR) is 64.0 cm³/mol. The fourth-order valence-electron chi connectivity index (χ4n) is 1.18. The highest BCUT2D eigenvalue weighted by molar-refractivity contribution is 7.91. The van der Waals surface area contributed by atoms with E-state index in [2.05, 4.69) is 0 Å². The number of nitriles is 1. The first-order valence-corrected chi connectivity index (χ1v) is 7.28. The van der Waals surface area contributed by atoms with E-state index < -0.39 is 10.0 Å².